The van der Waals surface area contributed by atoms with Crippen LogP contribution in [0.15, 0.2) is 65.1 Å². The van der Waals surface area contributed by atoms with E-state index in [2.05, 4.69) is 22.0 Å². The molecule has 6 rings (SSSR count). The van der Waals surface area contributed by atoms with Crippen molar-refractivity contribution >= 4 is 27.8 Å². The van der Waals surface area contributed by atoms with Crippen molar-refractivity contribution in [2.45, 2.75) is 18.5 Å². The molecule has 0 radical (unpaired) electrons. The van der Waals surface area contributed by atoms with Crippen LogP contribution < -0.4 is 4.74 Å². The van der Waals surface area contributed by atoms with Gasteiger partial charge in [-0.1, -0.05) is 40.2 Å². The molecule has 6 heteroatoms. The van der Waals surface area contributed by atoms with E-state index >= 15 is 0 Å². The Hall–Kier alpha value is -3.12. The second kappa shape index (κ2) is 7.54. The average Bonchev–Trinajstić information content (AvgIpc) is 2.80. The molecule has 31 heavy (non-hydrogen) atoms. The first kappa shape index (κ1) is 19.8. The molecule has 0 saturated heterocycles. The highest BCUT2D eigenvalue weighted by atomic mass is 79.9. The number of amides is 1. The molecule has 1 amide bonds. The highest BCUT2D eigenvalue weighted by Gasteiger charge is 2.47. The molecule has 0 fully saturated rings. The Labute approximate surface area is 188 Å². The Kier molecular flexibility index (Phi) is 4.82. The smallest absolute Gasteiger partial charge is 0.337 e. The van der Waals surface area contributed by atoms with Gasteiger partial charge in [-0.15, -0.1) is 0 Å². The molecular formula is C25H20BrNO4. The summed E-state index contributed by atoms with van der Waals surface area (Å²) in [5.74, 6) is 0.0778. The number of carbonyl (C=O) groups excluding carboxylic acids is 2. The van der Waals surface area contributed by atoms with E-state index in [4.69, 9.17) is 9.47 Å². The van der Waals surface area contributed by atoms with Crippen LogP contribution in [0.4, 0.5) is 0 Å². The predicted octanol–water partition coefficient (Wildman–Crippen LogP) is 4.82. The van der Waals surface area contributed by atoms with Gasteiger partial charge in [-0.25, -0.2) is 4.79 Å². The van der Waals surface area contributed by atoms with Crippen molar-refractivity contribution in [2.24, 2.45) is 0 Å². The highest BCUT2D eigenvalue weighted by molar-refractivity contribution is 9.10. The quantitative estimate of drug-likeness (QED) is 0.505. The second-order valence-corrected chi connectivity index (χ2v) is 8.67. The van der Waals surface area contributed by atoms with Gasteiger partial charge in [-0.05, 0) is 64.2 Å². The van der Waals surface area contributed by atoms with E-state index in [1.54, 1.807) is 13.2 Å². The second-order valence-electron chi connectivity index (χ2n) is 7.76. The Morgan fingerprint density at radius 1 is 0.935 bits per heavy atom. The lowest BCUT2D eigenvalue weighted by Gasteiger charge is -2.47. The van der Waals surface area contributed by atoms with Gasteiger partial charge < -0.3 is 14.4 Å². The lowest BCUT2D eigenvalue weighted by Crippen LogP contribution is -2.47. The number of halogens is 1. The third-order valence-corrected chi connectivity index (χ3v) is 6.61. The van der Waals surface area contributed by atoms with E-state index in [9.17, 15) is 9.59 Å². The van der Waals surface area contributed by atoms with Crippen molar-refractivity contribution in [1.29, 1.82) is 0 Å². The lowest BCUT2D eigenvalue weighted by molar-refractivity contribution is -0.136. The lowest BCUT2D eigenvalue weighted by atomic mass is 9.70. The number of rotatable bonds is 4. The van der Waals surface area contributed by atoms with Gasteiger partial charge in [-0.3, -0.25) is 4.79 Å². The summed E-state index contributed by atoms with van der Waals surface area (Å²) in [6.07, 6.45) is 0. The summed E-state index contributed by atoms with van der Waals surface area (Å²) in [6.45, 7) is 0.474. The van der Waals surface area contributed by atoms with Crippen LogP contribution in [0.2, 0.25) is 0 Å². The fourth-order valence-electron chi connectivity index (χ4n) is 4.69. The van der Waals surface area contributed by atoms with E-state index in [0.29, 0.717) is 12.1 Å². The number of hydrogen-bond acceptors (Lipinski definition) is 4. The minimum absolute atomic E-state index is 0.0738. The molecule has 2 aliphatic heterocycles. The van der Waals surface area contributed by atoms with Crippen LogP contribution in [0.25, 0.3) is 0 Å². The molecule has 2 atom stereocenters. The summed E-state index contributed by atoms with van der Waals surface area (Å²) in [5, 5.41) is 0. The largest absolute Gasteiger partial charge is 0.497 e. The van der Waals surface area contributed by atoms with Gasteiger partial charge in [0.05, 0.1) is 31.7 Å². The van der Waals surface area contributed by atoms with Crippen molar-refractivity contribution < 1.29 is 19.1 Å². The predicted molar refractivity (Wildman–Crippen MR) is 119 cm³/mol. The van der Waals surface area contributed by atoms with E-state index < -0.39 is 5.92 Å². The van der Waals surface area contributed by atoms with Crippen LogP contribution in [-0.4, -0.2) is 31.0 Å². The molecule has 3 aromatic carbocycles. The standard InChI is InChI=1S/C25H20BrNO4/c1-30-17-7-3-14(4-8-17)13-27-23-19-10-6-16(26)12-20(19)22(24(27)28)18-9-5-15(11-21(18)23)25(29)31-2/h3-12,22-23H,13H2,1-2H3. The molecule has 156 valence electrons. The van der Waals surface area contributed by atoms with Crippen LogP contribution in [-0.2, 0) is 16.1 Å². The molecule has 0 saturated carbocycles. The molecule has 5 nitrogen and oxygen atoms in total. The van der Waals surface area contributed by atoms with Crippen molar-refractivity contribution in [3.05, 3.63) is 98.5 Å². The number of hydrogen-bond donors (Lipinski definition) is 0. The maximum absolute atomic E-state index is 13.6. The van der Waals surface area contributed by atoms with Gasteiger partial charge in [0.2, 0.25) is 5.91 Å². The van der Waals surface area contributed by atoms with Crippen molar-refractivity contribution in [3.63, 3.8) is 0 Å². The molecule has 2 unspecified atom stereocenters. The van der Waals surface area contributed by atoms with Gasteiger partial charge in [0.1, 0.15) is 5.75 Å². The number of esters is 1. The summed E-state index contributed by atoms with van der Waals surface area (Å²) in [5.41, 5.74) is 5.56. The monoisotopic (exact) mass is 477 g/mol. The molecule has 0 spiro atoms. The number of fused-ring (bicyclic) bond motifs is 1. The number of ether oxygens (including phenoxy) is 2. The molecule has 1 aliphatic carbocycles. The van der Waals surface area contributed by atoms with E-state index in [0.717, 1.165) is 38.0 Å². The molecule has 2 heterocycles. The van der Waals surface area contributed by atoms with Crippen LogP contribution in [0.3, 0.4) is 0 Å². The number of nitrogens with zero attached hydrogens (tertiary/aromatic N) is 1. The summed E-state index contributed by atoms with van der Waals surface area (Å²) >= 11 is 3.55. The Morgan fingerprint density at radius 3 is 2.39 bits per heavy atom. The summed E-state index contributed by atoms with van der Waals surface area (Å²) in [6, 6.07) is 19.1. The molecular weight excluding hydrogens is 458 g/mol. The minimum Gasteiger partial charge on any atom is -0.497 e. The maximum Gasteiger partial charge on any atom is 0.337 e. The minimum atomic E-state index is -0.391. The fraction of sp³-hybridized carbons (Fsp3) is 0.200. The van der Waals surface area contributed by atoms with E-state index in [-0.39, 0.29) is 17.9 Å². The maximum atomic E-state index is 13.6. The fourth-order valence-corrected chi connectivity index (χ4v) is 5.07. The van der Waals surface area contributed by atoms with Gasteiger partial charge in [0.15, 0.2) is 0 Å². The van der Waals surface area contributed by atoms with Gasteiger partial charge in [-0.2, -0.15) is 0 Å². The summed E-state index contributed by atoms with van der Waals surface area (Å²) in [4.78, 5) is 27.7. The van der Waals surface area contributed by atoms with Crippen LogP contribution in [0.5, 0.6) is 5.75 Å². The SMILES string of the molecule is COC(=O)c1ccc2c(c1)C1c3ccc(Br)cc3C2C(=O)N1Cc1ccc(OC)cc1. The van der Waals surface area contributed by atoms with E-state index in [1.165, 1.54) is 7.11 Å². The van der Waals surface area contributed by atoms with Gasteiger partial charge in [0, 0.05) is 11.0 Å². The van der Waals surface area contributed by atoms with Crippen molar-refractivity contribution in [2.75, 3.05) is 14.2 Å². The molecule has 0 N–H and O–H groups in total. The third-order valence-electron chi connectivity index (χ3n) is 6.12. The van der Waals surface area contributed by atoms with E-state index in [1.807, 2.05) is 53.4 Å². The highest BCUT2D eigenvalue weighted by Crippen LogP contribution is 2.52. The Balaban J connectivity index is 1.64. The Bertz CT molecular complexity index is 1200. The van der Waals surface area contributed by atoms with Gasteiger partial charge in [0.25, 0.3) is 0 Å². The molecule has 3 aromatic rings. The van der Waals surface area contributed by atoms with Crippen LogP contribution in [0.1, 0.15) is 50.1 Å². The number of methoxy groups -OCH3 is 2. The third kappa shape index (κ3) is 3.13. The number of carbonyl (C=O) groups is 2. The van der Waals surface area contributed by atoms with Crippen molar-refractivity contribution in [3.8, 4) is 5.75 Å². The molecule has 2 bridgehead atoms. The zero-order valence-corrected chi connectivity index (χ0v) is 18.7. The Morgan fingerprint density at radius 2 is 1.68 bits per heavy atom. The zero-order valence-electron chi connectivity index (χ0n) is 17.1. The number of benzene rings is 3. The molecule has 3 aliphatic rings. The first-order valence-corrected chi connectivity index (χ1v) is 10.8. The topological polar surface area (TPSA) is 55.8 Å². The zero-order chi connectivity index (χ0) is 21.7. The van der Waals surface area contributed by atoms with Crippen molar-refractivity contribution in [1.82, 2.24) is 4.90 Å². The van der Waals surface area contributed by atoms with Gasteiger partial charge >= 0.3 is 5.97 Å². The summed E-state index contributed by atoms with van der Waals surface area (Å²) in [7, 11) is 3.01. The first-order chi connectivity index (χ1) is 15.0. The average molecular weight is 478 g/mol. The first-order valence-electron chi connectivity index (χ1n) is 9.96. The van der Waals surface area contributed by atoms with Crippen LogP contribution in [0, 0.1) is 0 Å². The summed E-state index contributed by atoms with van der Waals surface area (Å²) < 4.78 is 11.1. The normalized spacial score (nSPS) is 18.4. The van der Waals surface area contributed by atoms with Crippen LogP contribution >= 0.6 is 15.9 Å². The molecule has 0 aromatic heterocycles.